The summed E-state index contributed by atoms with van der Waals surface area (Å²) in [5.41, 5.74) is 1.40. The summed E-state index contributed by atoms with van der Waals surface area (Å²) < 4.78 is 1.84. The zero-order chi connectivity index (χ0) is 15.8. The van der Waals surface area contributed by atoms with Gasteiger partial charge >= 0.3 is 0 Å². The lowest BCUT2D eigenvalue weighted by atomic mass is 10.2. The molecule has 0 aliphatic carbocycles. The summed E-state index contributed by atoms with van der Waals surface area (Å²) in [6.45, 7) is 1.02. The van der Waals surface area contributed by atoms with Gasteiger partial charge < -0.3 is 5.32 Å². The lowest BCUT2D eigenvalue weighted by Gasteiger charge is -2.11. The standard InChI is InChI=1S/C16H15N5O2/c22-15(13-8-10-4-3-7-21(10)20-13)19-14-9-17-11-5-1-2-6-12(11)18-16(14)23/h1-2,5-6,8,14H,3-4,7,9H2,(H,19,22). The van der Waals surface area contributed by atoms with E-state index in [1.165, 1.54) is 0 Å². The van der Waals surface area contributed by atoms with Gasteiger partial charge in [0, 0.05) is 12.2 Å². The highest BCUT2D eigenvalue weighted by Gasteiger charge is 2.24. The van der Waals surface area contributed by atoms with Crippen LogP contribution < -0.4 is 16.0 Å². The topological polar surface area (TPSA) is 88.7 Å². The molecule has 0 fully saturated rings. The van der Waals surface area contributed by atoms with Crippen LogP contribution in [-0.2, 0) is 17.8 Å². The molecule has 1 atom stereocenters. The van der Waals surface area contributed by atoms with Crippen LogP contribution in [0, 0.1) is 0 Å². The average molecular weight is 309 g/mol. The minimum absolute atomic E-state index is 0.179. The molecule has 2 aliphatic rings. The van der Waals surface area contributed by atoms with Crippen LogP contribution in [0.2, 0.25) is 0 Å². The maximum Gasteiger partial charge on any atom is 0.272 e. The van der Waals surface area contributed by atoms with Gasteiger partial charge in [0.25, 0.3) is 11.8 Å². The fourth-order valence-electron chi connectivity index (χ4n) is 2.87. The molecule has 23 heavy (non-hydrogen) atoms. The molecule has 1 N–H and O–H groups in total. The minimum atomic E-state index is -0.758. The molecule has 0 saturated carbocycles. The van der Waals surface area contributed by atoms with E-state index >= 15 is 0 Å². The molecule has 2 aliphatic heterocycles. The number of aromatic nitrogens is 2. The first-order chi connectivity index (χ1) is 11.2. The van der Waals surface area contributed by atoms with Crippen molar-refractivity contribution in [3.8, 4) is 0 Å². The first kappa shape index (κ1) is 13.8. The molecule has 116 valence electrons. The smallest absolute Gasteiger partial charge is 0.272 e. The van der Waals surface area contributed by atoms with Crippen LogP contribution in [0.3, 0.4) is 0 Å². The van der Waals surface area contributed by atoms with Crippen molar-refractivity contribution >= 4 is 11.8 Å². The summed E-state index contributed by atoms with van der Waals surface area (Å²) in [6, 6.07) is 8.21. The normalized spacial score (nSPS) is 19.1. The zero-order valence-electron chi connectivity index (χ0n) is 12.4. The van der Waals surface area contributed by atoms with Crippen molar-refractivity contribution in [3.05, 3.63) is 52.4 Å². The van der Waals surface area contributed by atoms with Gasteiger partial charge in [0.2, 0.25) is 0 Å². The SMILES string of the molecule is O=C(NC1CN=c2ccccc2=NC1=O)c1cc2n(n1)CCC2. The Balaban J connectivity index is 1.56. The second-order valence-electron chi connectivity index (χ2n) is 5.65. The van der Waals surface area contributed by atoms with Gasteiger partial charge in [0.05, 0.1) is 17.3 Å². The van der Waals surface area contributed by atoms with Crippen molar-refractivity contribution in [2.45, 2.75) is 25.4 Å². The van der Waals surface area contributed by atoms with Crippen molar-refractivity contribution in [2.75, 3.05) is 6.54 Å². The molecule has 0 spiro atoms. The van der Waals surface area contributed by atoms with E-state index in [9.17, 15) is 9.59 Å². The third kappa shape index (κ3) is 2.54. The van der Waals surface area contributed by atoms with Crippen LogP contribution in [0.25, 0.3) is 0 Å². The highest BCUT2D eigenvalue weighted by molar-refractivity contribution is 5.96. The zero-order valence-corrected chi connectivity index (χ0v) is 12.4. The number of benzene rings is 1. The van der Waals surface area contributed by atoms with Gasteiger partial charge in [-0.3, -0.25) is 19.3 Å². The van der Waals surface area contributed by atoms with E-state index in [4.69, 9.17) is 0 Å². The monoisotopic (exact) mass is 309 g/mol. The van der Waals surface area contributed by atoms with E-state index in [1.807, 2.05) is 10.7 Å². The summed E-state index contributed by atoms with van der Waals surface area (Å²) in [5.74, 6) is -0.750. The number of hydrogen-bond donors (Lipinski definition) is 1. The Morgan fingerprint density at radius 2 is 2.09 bits per heavy atom. The van der Waals surface area contributed by atoms with Gasteiger partial charge in [0.15, 0.2) is 0 Å². The molecule has 7 heteroatoms. The first-order valence-electron chi connectivity index (χ1n) is 7.60. The van der Waals surface area contributed by atoms with E-state index < -0.39 is 6.04 Å². The third-order valence-electron chi connectivity index (χ3n) is 4.06. The first-order valence-corrected chi connectivity index (χ1v) is 7.60. The maximum atomic E-state index is 12.3. The van der Waals surface area contributed by atoms with Crippen LogP contribution in [0.15, 0.2) is 40.3 Å². The third-order valence-corrected chi connectivity index (χ3v) is 4.06. The number of nitrogens with one attached hydrogen (secondary N) is 1. The molecule has 4 rings (SSSR count). The van der Waals surface area contributed by atoms with Crippen LogP contribution >= 0.6 is 0 Å². The Hall–Kier alpha value is -2.83. The van der Waals surface area contributed by atoms with Gasteiger partial charge in [-0.1, -0.05) is 12.1 Å². The van der Waals surface area contributed by atoms with Crippen molar-refractivity contribution in [1.82, 2.24) is 15.1 Å². The van der Waals surface area contributed by atoms with Crippen LogP contribution in [0.4, 0.5) is 0 Å². The Kier molecular flexibility index (Phi) is 3.25. The molecule has 3 heterocycles. The molecular formula is C16H15N5O2. The number of aryl methyl sites for hydroxylation is 2. The fraction of sp³-hybridized carbons (Fsp3) is 0.312. The van der Waals surface area contributed by atoms with E-state index in [-0.39, 0.29) is 18.4 Å². The van der Waals surface area contributed by atoms with E-state index in [0.29, 0.717) is 16.4 Å². The molecule has 0 radical (unpaired) electrons. The second kappa shape index (κ2) is 5.42. The summed E-state index contributed by atoms with van der Waals surface area (Å²) in [4.78, 5) is 32.9. The summed E-state index contributed by atoms with van der Waals surface area (Å²) >= 11 is 0. The number of carbonyl (C=O) groups excluding carboxylic acids is 2. The Morgan fingerprint density at radius 1 is 1.26 bits per heavy atom. The van der Waals surface area contributed by atoms with Crippen molar-refractivity contribution in [1.29, 1.82) is 0 Å². The number of nitrogens with zero attached hydrogens (tertiary/aromatic N) is 4. The quantitative estimate of drug-likeness (QED) is 0.804. The summed E-state index contributed by atoms with van der Waals surface area (Å²) in [7, 11) is 0. The van der Waals surface area contributed by atoms with Crippen LogP contribution in [0.5, 0.6) is 0 Å². The second-order valence-corrected chi connectivity index (χ2v) is 5.65. The van der Waals surface area contributed by atoms with Crippen molar-refractivity contribution in [3.63, 3.8) is 0 Å². The number of para-hydroxylation sites is 2. The Bertz CT molecular complexity index is 893. The Morgan fingerprint density at radius 3 is 2.91 bits per heavy atom. The Labute approximate surface area is 131 Å². The maximum absolute atomic E-state index is 12.3. The molecule has 7 nitrogen and oxygen atoms in total. The summed E-state index contributed by atoms with van der Waals surface area (Å²) in [5, 5.41) is 8.18. The lowest BCUT2D eigenvalue weighted by Crippen LogP contribution is -2.42. The fourth-order valence-corrected chi connectivity index (χ4v) is 2.87. The molecular weight excluding hydrogens is 294 g/mol. The van der Waals surface area contributed by atoms with Gasteiger partial charge in [0.1, 0.15) is 11.7 Å². The molecule has 1 unspecified atom stereocenters. The van der Waals surface area contributed by atoms with E-state index in [0.717, 1.165) is 25.1 Å². The molecule has 0 bridgehead atoms. The largest absolute Gasteiger partial charge is 0.337 e. The minimum Gasteiger partial charge on any atom is -0.337 e. The predicted octanol–water partition coefficient (Wildman–Crippen LogP) is -0.593. The van der Waals surface area contributed by atoms with E-state index in [1.54, 1.807) is 24.3 Å². The van der Waals surface area contributed by atoms with Gasteiger partial charge in [-0.05, 0) is 31.0 Å². The van der Waals surface area contributed by atoms with Crippen molar-refractivity contribution in [2.24, 2.45) is 9.98 Å². The molecule has 1 aromatic heterocycles. The molecule has 1 aromatic carbocycles. The molecule has 2 aromatic rings. The van der Waals surface area contributed by atoms with Gasteiger partial charge in [-0.15, -0.1) is 0 Å². The number of hydrogen-bond acceptors (Lipinski definition) is 4. The van der Waals surface area contributed by atoms with E-state index in [2.05, 4.69) is 20.4 Å². The summed E-state index contributed by atoms with van der Waals surface area (Å²) in [6.07, 6.45) is 1.99. The van der Waals surface area contributed by atoms with Crippen LogP contribution in [-0.4, -0.2) is 34.2 Å². The molecule has 0 saturated heterocycles. The van der Waals surface area contributed by atoms with Gasteiger partial charge in [-0.25, -0.2) is 4.99 Å². The van der Waals surface area contributed by atoms with Crippen molar-refractivity contribution < 1.29 is 9.59 Å². The number of carbonyl (C=O) groups is 2. The predicted molar refractivity (Wildman–Crippen MR) is 80.4 cm³/mol. The lowest BCUT2D eigenvalue weighted by molar-refractivity contribution is -0.119. The average Bonchev–Trinajstić information content (AvgIpc) is 3.10. The number of fused-ring (bicyclic) bond motifs is 2. The highest BCUT2D eigenvalue weighted by Crippen LogP contribution is 2.15. The number of rotatable bonds is 2. The van der Waals surface area contributed by atoms with Gasteiger partial charge in [-0.2, -0.15) is 5.10 Å². The van der Waals surface area contributed by atoms with Crippen LogP contribution in [0.1, 0.15) is 22.6 Å². The number of amides is 2. The highest BCUT2D eigenvalue weighted by atomic mass is 16.2. The molecule has 2 amide bonds.